The molecule has 0 unspecified atom stereocenters. The Bertz CT molecular complexity index is 2740. The van der Waals surface area contributed by atoms with E-state index < -0.39 is 0 Å². The van der Waals surface area contributed by atoms with Crippen LogP contribution in [-0.4, -0.2) is 0 Å². The van der Waals surface area contributed by atoms with E-state index in [1.165, 1.54) is 43.8 Å². The minimum absolute atomic E-state index is 0.875. The van der Waals surface area contributed by atoms with Gasteiger partial charge in [-0.15, -0.1) is 0 Å². The lowest BCUT2D eigenvalue weighted by atomic mass is 9.84. The van der Waals surface area contributed by atoms with Gasteiger partial charge in [-0.05, 0) is 79.7 Å². The van der Waals surface area contributed by atoms with Gasteiger partial charge in [0.15, 0.2) is 0 Å². The van der Waals surface area contributed by atoms with Crippen LogP contribution in [-0.2, 0) is 0 Å². The molecule has 0 saturated heterocycles. The van der Waals surface area contributed by atoms with Crippen molar-refractivity contribution >= 4 is 65.4 Å². The normalized spacial score (nSPS) is 11.9. The monoisotopic (exact) mass is 586 g/mol. The molecule has 214 valence electrons. The predicted octanol–water partition coefficient (Wildman–Crippen LogP) is 12.8. The fourth-order valence-corrected chi connectivity index (χ4v) is 7.49. The van der Waals surface area contributed by atoms with E-state index in [0.29, 0.717) is 0 Å². The van der Waals surface area contributed by atoms with Crippen LogP contribution in [0.15, 0.2) is 167 Å². The van der Waals surface area contributed by atoms with Crippen molar-refractivity contribution in [2.45, 2.75) is 0 Å². The molecular weight excluding hydrogens is 560 g/mol. The number of benzene rings is 8. The van der Waals surface area contributed by atoms with Gasteiger partial charge in [0.25, 0.3) is 0 Å². The zero-order chi connectivity index (χ0) is 30.2. The fraction of sp³-hybridized carbons (Fsp3) is 0. The highest BCUT2D eigenvalue weighted by molar-refractivity contribution is 6.26. The number of furan rings is 2. The summed E-state index contributed by atoms with van der Waals surface area (Å²) in [5, 5.41) is 9.41. The quantitative estimate of drug-likeness (QED) is 0.193. The maximum Gasteiger partial charge on any atom is 0.143 e. The largest absolute Gasteiger partial charge is 0.456 e. The van der Waals surface area contributed by atoms with E-state index >= 15 is 0 Å². The van der Waals surface area contributed by atoms with Crippen molar-refractivity contribution < 1.29 is 8.83 Å². The van der Waals surface area contributed by atoms with E-state index in [1.807, 2.05) is 18.2 Å². The van der Waals surface area contributed by atoms with E-state index in [0.717, 1.165) is 55.0 Å². The molecule has 0 saturated carbocycles. The van der Waals surface area contributed by atoms with Crippen molar-refractivity contribution in [2.75, 3.05) is 0 Å². The summed E-state index contributed by atoms with van der Waals surface area (Å²) in [6.45, 7) is 0. The van der Waals surface area contributed by atoms with Crippen molar-refractivity contribution in [1.29, 1.82) is 0 Å². The van der Waals surface area contributed by atoms with Crippen LogP contribution in [0, 0.1) is 0 Å². The van der Waals surface area contributed by atoms with E-state index in [1.54, 1.807) is 0 Å². The first-order valence-electron chi connectivity index (χ1n) is 15.7. The summed E-state index contributed by atoms with van der Waals surface area (Å²) < 4.78 is 13.0. The summed E-state index contributed by atoms with van der Waals surface area (Å²) in [4.78, 5) is 0. The first-order chi connectivity index (χ1) is 22.8. The number of hydrogen-bond donors (Lipinski definition) is 0. The van der Waals surface area contributed by atoms with Gasteiger partial charge in [-0.2, -0.15) is 0 Å². The van der Waals surface area contributed by atoms with E-state index in [9.17, 15) is 0 Å². The number of fused-ring (bicyclic) bond motifs is 8. The number of para-hydroxylation sites is 2. The third kappa shape index (κ3) is 3.59. The Labute approximate surface area is 264 Å². The maximum absolute atomic E-state index is 6.76. The Kier molecular flexibility index (Phi) is 5.31. The summed E-state index contributed by atoms with van der Waals surface area (Å²) in [7, 11) is 0. The molecule has 0 aliphatic carbocycles. The highest BCUT2D eigenvalue weighted by Crippen LogP contribution is 2.48. The second-order valence-corrected chi connectivity index (χ2v) is 12.0. The van der Waals surface area contributed by atoms with Gasteiger partial charge in [-0.3, -0.25) is 0 Å². The van der Waals surface area contributed by atoms with Crippen molar-refractivity contribution in [3.05, 3.63) is 158 Å². The summed E-state index contributed by atoms with van der Waals surface area (Å²) in [6.07, 6.45) is 0. The maximum atomic E-state index is 6.76. The molecule has 0 radical (unpaired) electrons. The molecule has 0 amide bonds. The molecule has 2 heteroatoms. The standard InChI is InChI=1S/C44H26O2/c1-2-12-27(13-3-1)41-32-15-4-6-17-34(32)42(35-18-7-5-16-33(35)41)37-25-24-29(44-43(37)36-19-9-11-21-39(36)46-44)28-22-23-31-30-14-8-10-20-38(30)45-40(31)26-28/h1-26H. The average Bonchev–Trinajstić information content (AvgIpc) is 3.69. The second kappa shape index (κ2) is 9.69. The summed E-state index contributed by atoms with van der Waals surface area (Å²) in [5.74, 6) is 0. The SMILES string of the molecule is c1ccc(-c2c3ccccc3c(-c3ccc(-c4ccc5c(c4)oc4ccccc45)c4oc5ccccc5c34)c3ccccc23)cc1. The molecule has 2 nitrogen and oxygen atoms in total. The zero-order valence-electron chi connectivity index (χ0n) is 24.8. The molecule has 10 rings (SSSR count). The van der Waals surface area contributed by atoms with Gasteiger partial charge >= 0.3 is 0 Å². The van der Waals surface area contributed by atoms with Crippen molar-refractivity contribution in [3.63, 3.8) is 0 Å². The number of rotatable bonds is 3. The Balaban J connectivity index is 1.31. The Hall–Kier alpha value is -6.12. The molecule has 0 aliphatic heterocycles. The van der Waals surface area contributed by atoms with Gasteiger partial charge in [0.2, 0.25) is 0 Å². The van der Waals surface area contributed by atoms with Crippen LogP contribution in [0.4, 0.5) is 0 Å². The van der Waals surface area contributed by atoms with Crippen LogP contribution in [0.3, 0.4) is 0 Å². The summed E-state index contributed by atoms with van der Waals surface area (Å²) >= 11 is 0. The minimum Gasteiger partial charge on any atom is -0.456 e. The highest BCUT2D eigenvalue weighted by atomic mass is 16.3. The fourth-order valence-electron chi connectivity index (χ4n) is 7.49. The molecule has 0 N–H and O–H groups in total. The van der Waals surface area contributed by atoms with Crippen molar-refractivity contribution in [2.24, 2.45) is 0 Å². The lowest BCUT2D eigenvalue weighted by Gasteiger charge is -2.18. The smallest absolute Gasteiger partial charge is 0.143 e. The van der Waals surface area contributed by atoms with Crippen LogP contribution in [0.2, 0.25) is 0 Å². The zero-order valence-corrected chi connectivity index (χ0v) is 24.8. The highest BCUT2D eigenvalue weighted by Gasteiger charge is 2.22. The van der Waals surface area contributed by atoms with Gasteiger partial charge in [0.05, 0.1) is 0 Å². The Morgan fingerprint density at radius 1 is 0.304 bits per heavy atom. The predicted molar refractivity (Wildman–Crippen MR) is 192 cm³/mol. The van der Waals surface area contributed by atoms with E-state index in [2.05, 4.69) is 140 Å². The van der Waals surface area contributed by atoms with Crippen LogP contribution in [0.25, 0.3) is 98.8 Å². The summed E-state index contributed by atoms with van der Waals surface area (Å²) in [6, 6.07) is 56.0. The van der Waals surface area contributed by atoms with E-state index in [4.69, 9.17) is 8.83 Å². The van der Waals surface area contributed by atoms with Gasteiger partial charge in [-0.1, -0.05) is 127 Å². The van der Waals surface area contributed by atoms with Crippen molar-refractivity contribution in [3.8, 4) is 33.4 Å². The van der Waals surface area contributed by atoms with Gasteiger partial charge in [0.1, 0.15) is 22.3 Å². The third-order valence-corrected chi connectivity index (χ3v) is 9.48. The molecule has 46 heavy (non-hydrogen) atoms. The number of hydrogen-bond acceptors (Lipinski definition) is 2. The molecule has 0 fully saturated rings. The minimum atomic E-state index is 0.875. The molecule has 2 aromatic heterocycles. The lowest BCUT2D eigenvalue weighted by molar-refractivity contribution is 0.668. The van der Waals surface area contributed by atoms with Crippen molar-refractivity contribution in [1.82, 2.24) is 0 Å². The third-order valence-electron chi connectivity index (χ3n) is 9.48. The summed E-state index contributed by atoms with van der Waals surface area (Å²) in [5.41, 5.74) is 10.5. The molecule has 0 atom stereocenters. The Morgan fingerprint density at radius 2 is 0.826 bits per heavy atom. The molecule has 0 bridgehead atoms. The first-order valence-corrected chi connectivity index (χ1v) is 15.7. The van der Waals surface area contributed by atoms with Gasteiger partial charge < -0.3 is 8.83 Å². The average molecular weight is 587 g/mol. The molecule has 0 spiro atoms. The molecule has 0 aliphatic rings. The molecule has 2 heterocycles. The molecule has 10 aromatic rings. The van der Waals surface area contributed by atoms with E-state index in [-0.39, 0.29) is 0 Å². The molecular formula is C44H26O2. The first kappa shape index (κ1) is 25.2. The molecule has 8 aromatic carbocycles. The lowest BCUT2D eigenvalue weighted by Crippen LogP contribution is -1.91. The van der Waals surface area contributed by atoms with Gasteiger partial charge in [-0.25, -0.2) is 0 Å². The second-order valence-electron chi connectivity index (χ2n) is 12.0. The van der Waals surface area contributed by atoms with Gasteiger partial charge in [0, 0.05) is 27.1 Å². The topological polar surface area (TPSA) is 26.3 Å². The van der Waals surface area contributed by atoms with Crippen LogP contribution in [0.5, 0.6) is 0 Å². The Morgan fingerprint density at radius 3 is 1.52 bits per heavy atom. The van der Waals surface area contributed by atoms with Crippen LogP contribution >= 0.6 is 0 Å². The van der Waals surface area contributed by atoms with Crippen LogP contribution < -0.4 is 0 Å². The van der Waals surface area contributed by atoms with Crippen LogP contribution in [0.1, 0.15) is 0 Å².